The minimum Gasteiger partial charge on any atom is -0.372 e. The number of fused-ring (bicyclic) bond motifs is 1. The molecule has 2 N–H and O–H groups in total. The second-order valence-corrected chi connectivity index (χ2v) is 11.2. The molecule has 0 saturated carbocycles. The van der Waals surface area contributed by atoms with Crippen LogP contribution in [0.3, 0.4) is 0 Å². The minimum absolute atomic E-state index is 0.0458. The van der Waals surface area contributed by atoms with Crippen LogP contribution in [0, 0.1) is 5.92 Å². The highest BCUT2D eigenvalue weighted by molar-refractivity contribution is 6.01. The third kappa shape index (κ3) is 6.61. The van der Waals surface area contributed by atoms with Crippen LogP contribution in [0.15, 0.2) is 24.3 Å². The summed E-state index contributed by atoms with van der Waals surface area (Å²) in [6, 6.07) is 5.76. The topological polar surface area (TPSA) is 105 Å². The number of hydrogen-bond donors (Lipinski definition) is 2. The molecule has 0 aliphatic carbocycles. The summed E-state index contributed by atoms with van der Waals surface area (Å²) in [6.45, 7) is 14.0. The third-order valence-corrected chi connectivity index (χ3v) is 8.16. The van der Waals surface area contributed by atoms with Crippen molar-refractivity contribution in [3.8, 4) is 0 Å². The zero-order valence-electron chi connectivity index (χ0n) is 23.8. The second kappa shape index (κ2) is 12.9. The van der Waals surface area contributed by atoms with E-state index in [0.29, 0.717) is 31.5 Å². The molecule has 39 heavy (non-hydrogen) atoms. The molecule has 0 aromatic heterocycles. The van der Waals surface area contributed by atoms with Gasteiger partial charge in [-0.1, -0.05) is 13.8 Å². The molecular weight excluding hydrogens is 496 g/mol. The molecule has 1 aromatic rings. The summed E-state index contributed by atoms with van der Waals surface area (Å²) in [6.07, 6.45) is 1.04. The monoisotopic (exact) mass is 540 g/mol. The van der Waals surface area contributed by atoms with Gasteiger partial charge in [-0.05, 0) is 56.9 Å². The van der Waals surface area contributed by atoms with Gasteiger partial charge in [-0.15, -0.1) is 0 Å². The molecule has 4 rings (SSSR count). The van der Waals surface area contributed by atoms with Crippen molar-refractivity contribution in [2.75, 3.05) is 63.8 Å². The van der Waals surface area contributed by atoms with Gasteiger partial charge in [0.25, 0.3) is 5.91 Å². The molecule has 3 amide bonds. The highest BCUT2D eigenvalue weighted by Gasteiger charge is 2.52. The van der Waals surface area contributed by atoms with Gasteiger partial charge in [0.05, 0.1) is 19.1 Å². The minimum atomic E-state index is -0.739. The van der Waals surface area contributed by atoms with E-state index in [-0.39, 0.29) is 42.0 Å². The highest BCUT2D eigenvalue weighted by atomic mass is 16.2. The van der Waals surface area contributed by atoms with Crippen LogP contribution in [-0.4, -0.2) is 115 Å². The Hall–Kier alpha value is -2.98. The largest absolute Gasteiger partial charge is 0.372 e. The highest BCUT2D eigenvalue weighted by Crippen LogP contribution is 2.31. The normalized spacial score (nSPS) is 22.2. The Morgan fingerprint density at radius 1 is 1.03 bits per heavy atom. The number of carbonyl (C=O) groups is 4. The number of rotatable bonds is 10. The molecule has 10 nitrogen and oxygen atoms in total. The van der Waals surface area contributed by atoms with Gasteiger partial charge >= 0.3 is 0 Å². The predicted molar refractivity (Wildman–Crippen MR) is 151 cm³/mol. The van der Waals surface area contributed by atoms with Crippen LogP contribution in [-0.2, 0) is 14.4 Å². The van der Waals surface area contributed by atoms with Crippen LogP contribution in [0.2, 0.25) is 0 Å². The maximum Gasteiger partial charge on any atom is 0.251 e. The van der Waals surface area contributed by atoms with Gasteiger partial charge in [0.1, 0.15) is 12.1 Å². The van der Waals surface area contributed by atoms with E-state index in [0.717, 1.165) is 45.0 Å². The van der Waals surface area contributed by atoms with Crippen molar-refractivity contribution < 1.29 is 19.2 Å². The van der Waals surface area contributed by atoms with Crippen LogP contribution in [0.5, 0.6) is 0 Å². The molecule has 0 spiro atoms. The smallest absolute Gasteiger partial charge is 0.251 e. The Morgan fingerprint density at radius 3 is 2.31 bits per heavy atom. The maximum atomic E-state index is 13.8. The molecule has 3 fully saturated rings. The number of carbonyl (C=O) groups excluding carboxylic acids is 4. The summed E-state index contributed by atoms with van der Waals surface area (Å²) >= 11 is 0. The van der Waals surface area contributed by atoms with E-state index in [9.17, 15) is 19.2 Å². The van der Waals surface area contributed by atoms with E-state index < -0.39 is 12.1 Å². The Kier molecular flexibility index (Phi) is 9.61. The van der Waals surface area contributed by atoms with Crippen molar-refractivity contribution in [3.63, 3.8) is 0 Å². The van der Waals surface area contributed by atoms with Gasteiger partial charge in [-0.2, -0.15) is 0 Å². The Labute approximate surface area is 232 Å². The fourth-order valence-corrected chi connectivity index (χ4v) is 6.09. The molecule has 3 unspecified atom stereocenters. The van der Waals surface area contributed by atoms with Gasteiger partial charge in [0.2, 0.25) is 11.8 Å². The molecule has 3 atom stereocenters. The number of Topliss-reactive ketones (excluding diaryl/α,β-unsaturated/α-hetero) is 1. The van der Waals surface area contributed by atoms with Crippen molar-refractivity contribution in [2.45, 2.75) is 58.7 Å². The first kappa shape index (κ1) is 29.0. The maximum absolute atomic E-state index is 13.8. The number of nitrogens with zero attached hydrogens (tertiary/aromatic N) is 4. The average Bonchev–Trinajstić information content (AvgIpc) is 3.50. The van der Waals surface area contributed by atoms with Crippen molar-refractivity contribution in [1.82, 2.24) is 25.3 Å². The summed E-state index contributed by atoms with van der Waals surface area (Å²) in [5.74, 6) is -0.525. The van der Waals surface area contributed by atoms with Crippen LogP contribution in [0.4, 0.5) is 5.69 Å². The Morgan fingerprint density at radius 2 is 1.69 bits per heavy atom. The van der Waals surface area contributed by atoms with Gasteiger partial charge in [-0.25, -0.2) is 0 Å². The van der Waals surface area contributed by atoms with E-state index in [4.69, 9.17) is 0 Å². The van der Waals surface area contributed by atoms with Crippen LogP contribution < -0.4 is 15.5 Å². The van der Waals surface area contributed by atoms with Crippen molar-refractivity contribution in [2.24, 2.45) is 5.92 Å². The van der Waals surface area contributed by atoms with Crippen LogP contribution >= 0.6 is 0 Å². The molecule has 0 bridgehead atoms. The number of hydrogen-bond acceptors (Lipinski definition) is 7. The molecule has 214 valence electrons. The van der Waals surface area contributed by atoms with Gasteiger partial charge in [0.15, 0.2) is 5.78 Å². The molecule has 0 radical (unpaired) electrons. The first-order valence-corrected chi connectivity index (χ1v) is 14.4. The molecule has 3 heterocycles. The lowest BCUT2D eigenvalue weighted by atomic mass is 10.0. The average molecular weight is 541 g/mol. The number of ketones is 1. The zero-order valence-corrected chi connectivity index (χ0v) is 23.8. The van der Waals surface area contributed by atoms with Crippen molar-refractivity contribution in [1.29, 1.82) is 0 Å². The Bertz CT molecular complexity index is 1030. The van der Waals surface area contributed by atoms with E-state index in [1.807, 2.05) is 26.0 Å². The van der Waals surface area contributed by atoms with Crippen molar-refractivity contribution in [3.05, 3.63) is 29.8 Å². The molecule has 3 saturated heterocycles. The summed E-state index contributed by atoms with van der Waals surface area (Å²) < 4.78 is 0. The van der Waals surface area contributed by atoms with E-state index in [2.05, 4.69) is 34.3 Å². The summed E-state index contributed by atoms with van der Waals surface area (Å²) in [5.41, 5.74) is 1.54. The quantitative estimate of drug-likeness (QED) is 0.456. The van der Waals surface area contributed by atoms with Crippen LogP contribution in [0.1, 0.15) is 50.9 Å². The lowest BCUT2D eigenvalue weighted by Gasteiger charge is -2.30. The number of likely N-dealkylation sites (tertiary alicyclic amines) is 2. The summed E-state index contributed by atoms with van der Waals surface area (Å²) in [4.78, 5) is 60.8. The SMILES string of the molecule is CCN(CC)c1ccc(C(=O)NC(CC(C)C)C(=O)N2CCC3C2C(=O)CN3C(=O)CN2CCNCC2)cc1. The predicted octanol–water partition coefficient (Wildman–Crippen LogP) is 0.963. The second-order valence-electron chi connectivity index (χ2n) is 11.2. The zero-order chi connectivity index (χ0) is 28.1. The van der Waals surface area contributed by atoms with E-state index in [1.54, 1.807) is 21.9 Å². The standard InChI is InChI=1S/C29H44N6O4/c1-5-33(6-2)22-9-7-21(8-10-22)28(38)31-23(17-20(3)4)29(39)34-14-11-24-27(34)25(36)18-35(24)26(37)19-32-15-12-30-13-16-32/h7-10,20,23-24,27,30H,5-6,11-19H2,1-4H3,(H,31,38). The number of piperazine rings is 1. The van der Waals surface area contributed by atoms with Crippen molar-refractivity contribution >= 4 is 29.2 Å². The van der Waals surface area contributed by atoms with Gasteiger partial charge in [-0.3, -0.25) is 24.1 Å². The lowest BCUT2D eigenvalue weighted by molar-refractivity contribution is -0.138. The van der Waals surface area contributed by atoms with Gasteiger partial charge in [0, 0.05) is 57.1 Å². The number of anilines is 1. The number of amides is 3. The molecular formula is C29H44N6O4. The third-order valence-electron chi connectivity index (χ3n) is 8.16. The molecule has 3 aliphatic rings. The summed E-state index contributed by atoms with van der Waals surface area (Å²) in [5, 5.41) is 6.24. The van der Waals surface area contributed by atoms with E-state index in [1.165, 1.54) is 0 Å². The number of benzene rings is 1. The molecule has 3 aliphatic heterocycles. The summed E-state index contributed by atoms with van der Waals surface area (Å²) in [7, 11) is 0. The first-order chi connectivity index (χ1) is 18.7. The first-order valence-electron chi connectivity index (χ1n) is 14.4. The lowest BCUT2D eigenvalue weighted by Crippen LogP contribution is -2.53. The van der Waals surface area contributed by atoms with E-state index >= 15 is 0 Å². The van der Waals surface area contributed by atoms with Crippen LogP contribution in [0.25, 0.3) is 0 Å². The van der Waals surface area contributed by atoms with Gasteiger partial charge < -0.3 is 25.3 Å². The molecule has 10 heteroatoms. The fourth-order valence-electron chi connectivity index (χ4n) is 6.09. The Balaban J connectivity index is 1.43. The number of nitrogens with one attached hydrogen (secondary N) is 2. The molecule has 1 aromatic carbocycles. The fraction of sp³-hybridized carbons (Fsp3) is 0.655.